The van der Waals surface area contributed by atoms with E-state index in [2.05, 4.69) is 20.8 Å². The zero-order valence-electron chi connectivity index (χ0n) is 10.2. The normalized spacial score (nSPS) is 27.2. The predicted octanol–water partition coefficient (Wildman–Crippen LogP) is 1.09. The fourth-order valence-electron chi connectivity index (χ4n) is 2.79. The molecule has 0 radical (unpaired) electrons. The second kappa shape index (κ2) is 5.14. The summed E-state index contributed by atoms with van der Waals surface area (Å²) in [5.41, 5.74) is 0. The molecule has 1 unspecified atom stereocenters. The molecule has 0 aromatic carbocycles. The largest absolute Gasteiger partial charge is 0.317 e. The molecule has 17 heavy (non-hydrogen) atoms. The van der Waals surface area contributed by atoms with Gasteiger partial charge >= 0.3 is 0 Å². The summed E-state index contributed by atoms with van der Waals surface area (Å²) in [5.74, 6) is 2.61. The van der Waals surface area contributed by atoms with Crippen LogP contribution in [0.4, 0.5) is 0 Å². The fourth-order valence-corrected chi connectivity index (χ4v) is 2.79. The number of aromatic nitrogens is 3. The van der Waals surface area contributed by atoms with Gasteiger partial charge in [0.15, 0.2) is 5.82 Å². The number of hydrogen-bond donors (Lipinski definition) is 3. The highest BCUT2D eigenvalue weighted by Gasteiger charge is 2.23. The van der Waals surface area contributed by atoms with E-state index in [4.69, 9.17) is 4.98 Å². The number of rotatable bonds is 2. The Bertz CT molecular complexity index is 317. The van der Waals surface area contributed by atoms with Gasteiger partial charge < -0.3 is 10.6 Å². The summed E-state index contributed by atoms with van der Waals surface area (Å²) in [7, 11) is 0. The van der Waals surface area contributed by atoms with Gasteiger partial charge in [-0.15, -0.1) is 0 Å². The summed E-state index contributed by atoms with van der Waals surface area (Å²) in [6.45, 7) is 3.29. The third kappa shape index (κ3) is 2.50. The molecule has 3 rings (SSSR count). The second-order valence-electron chi connectivity index (χ2n) is 5.11. The van der Waals surface area contributed by atoms with Crippen molar-refractivity contribution in [2.24, 2.45) is 0 Å². The first-order chi connectivity index (χ1) is 8.43. The molecule has 2 fully saturated rings. The Labute approximate surface area is 102 Å². The van der Waals surface area contributed by atoms with Gasteiger partial charge in [-0.3, -0.25) is 5.10 Å². The van der Waals surface area contributed by atoms with Gasteiger partial charge in [-0.05, 0) is 45.3 Å². The average molecular weight is 235 g/mol. The summed E-state index contributed by atoms with van der Waals surface area (Å²) < 4.78 is 0. The molecular formula is C12H21N5. The molecule has 5 nitrogen and oxygen atoms in total. The average Bonchev–Trinajstić information content (AvgIpc) is 2.90. The van der Waals surface area contributed by atoms with Gasteiger partial charge in [0, 0.05) is 5.92 Å². The number of hydrogen-bond acceptors (Lipinski definition) is 4. The molecule has 0 saturated carbocycles. The van der Waals surface area contributed by atoms with Crippen molar-refractivity contribution in [3.63, 3.8) is 0 Å². The number of aromatic amines is 1. The molecule has 0 aliphatic carbocycles. The number of nitrogens with one attached hydrogen (secondary N) is 3. The maximum atomic E-state index is 4.70. The van der Waals surface area contributed by atoms with Crippen LogP contribution in [0.2, 0.25) is 0 Å². The van der Waals surface area contributed by atoms with E-state index in [9.17, 15) is 0 Å². The van der Waals surface area contributed by atoms with Crippen molar-refractivity contribution in [1.82, 2.24) is 25.8 Å². The summed E-state index contributed by atoms with van der Waals surface area (Å²) in [4.78, 5) is 4.70. The summed E-state index contributed by atoms with van der Waals surface area (Å²) in [6.07, 6.45) is 6.08. The van der Waals surface area contributed by atoms with Crippen molar-refractivity contribution >= 4 is 0 Å². The van der Waals surface area contributed by atoms with E-state index in [0.717, 1.165) is 44.1 Å². The molecule has 2 aliphatic rings. The third-order valence-electron chi connectivity index (χ3n) is 3.86. The van der Waals surface area contributed by atoms with Crippen molar-refractivity contribution in [3.05, 3.63) is 11.6 Å². The minimum atomic E-state index is 0.395. The smallest absolute Gasteiger partial charge is 0.153 e. The fraction of sp³-hybridized carbons (Fsp3) is 0.833. The van der Waals surface area contributed by atoms with Crippen LogP contribution in [0, 0.1) is 0 Å². The lowest BCUT2D eigenvalue weighted by Crippen LogP contribution is -2.28. The predicted molar refractivity (Wildman–Crippen MR) is 65.8 cm³/mol. The monoisotopic (exact) mass is 235 g/mol. The highest BCUT2D eigenvalue weighted by atomic mass is 15.2. The van der Waals surface area contributed by atoms with Crippen molar-refractivity contribution < 1.29 is 0 Å². The van der Waals surface area contributed by atoms with Gasteiger partial charge in [0.05, 0.1) is 6.04 Å². The highest BCUT2D eigenvalue weighted by molar-refractivity contribution is 5.03. The standard InChI is InChI=1S/C12H21N5/c1-2-6-14-10(3-1)12-15-11(16-17-12)9-4-7-13-8-5-9/h9-10,13-14H,1-8H2,(H,15,16,17). The molecule has 0 bridgehead atoms. The molecular weight excluding hydrogens is 214 g/mol. The first kappa shape index (κ1) is 11.2. The maximum absolute atomic E-state index is 4.70. The van der Waals surface area contributed by atoms with Crippen molar-refractivity contribution in [2.45, 2.75) is 44.1 Å². The molecule has 0 amide bonds. The van der Waals surface area contributed by atoms with Gasteiger partial charge in [0.2, 0.25) is 0 Å². The van der Waals surface area contributed by atoms with Crippen LogP contribution in [0.1, 0.15) is 55.7 Å². The minimum Gasteiger partial charge on any atom is -0.317 e. The lowest BCUT2D eigenvalue weighted by Gasteiger charge is -2.21. The number of piperidine rings is 2. The van der Waals surface area contributed by atoms with Crippen LogP contribution in [-0.4, -0.2) is 34.8 Å². The number of nitrogens with zero attached hydrogens (tertiary/aromatic N) is 2. The molecule has 5 heteroatoms. The summed E-state index contributed by atoms with van der Waals surface area (Å²) in [5, 5.41) is 14.4. The first-order valence-electron chi connectivity index (χ1n) is 6.80. The quantitative estimate of drug-likeness (QED) is 0.718. The van der Waals surface area contributed by atoms with Gasteiger partial charge in [0.25, 0.3) is 0 Å². The van der Waals surface area contributed by atoms with Crippen LogP contribution in [0.25, 0.3) is 0 Å². The van der Waals surface area contributed by atoms with Crippen LogP contribution in [0.3, 0.4) is 0 Å². The van der Waals surface area contributed by atoms with Crippen LogP contribution >= 0.6 is 0 Å². The van der Waals surface area contributed by atoms with E-state index in [1.54, 1.807) is 0 Å². The third-order valence-corrected chi connectivity index (χ3v) is 3.86. The van der Waals surface area contributed by atoms with E-state index < -0.39 is 0 Å². The molecule has 1 atom stereocenters. The van der Waals surface area contributed by atoms with Gasteiger partial charge in [0.1, 0.15) is 5.82 Å². The van der Waals surface area contributed by atoms with Crippen molar-refractivity contribution in [3.8, 4) is 0 Å². The molecule has 1 aromatic rings. The van der Waals surface area contributed by atoms with E-state index in [1.165, 1.54) is 19.3 Å². The summed E-state index contributed by atoms with van der Waals surface area (Å²) in [6, 6.07) is 0.395. The molecule has 0 spiro atoms. The molecule has 2 aliphatic heterocycles. The lowest BCUT2D eigenvalue weighted by molar-refractivity contribution is 0.397. The van der Waals surface area contributed by atoms with Gasteiger partial charge in [-0.2, -0.15) is 5.10 Å². The molecule has 1 aromatic heterocycles. The highest BCUT2D eigenvalue weighted by Crippen LogP contribution is 2.25. The molecule has 3 heterocycles. The Morgan fingerprint density at radius 2 is 1.88 bits per heavy atom. The lowest BCUT2D eigenvalue weighted by atomic mass is 9.97. The van der Waals surface area contributed by atoms with Gasteiger partial charge in [-0.25, -0.2) is 4.98 Å². The molecule has 2 saturated heterocycles. The Hall–Kier alpha value is -0.940. The SMILES string of the molecule is C1CCC(c2nc(C3CCNCC3)n[nH]2)NC1. The van der Waals surface area contributed by atoms with E-state index in [-0.39, 0.29) is 0 Å². The van der Waals surface area contributed by atoms with E-state index >= 15 is 0 Å². The Morgan fingerprint density at radius 1 is 1.00 bits per heavy atom. The van der Waals surface area contributed by atoms with E-state index in [1.807, 2.05) is 0 Å². The zero-order valence-corrected chi connectivity index (χ0v) is 10.2. The van der Waals surface area contributed by atoms with Crippen molar-refractivity contribution in [2.75, 3.05) is 19.6 Å². The zero-order chi connectivity index (χ0) is 11.5. The number of H-pyrrole nitrogens is 1. The van der Waals surface area contributed by atoms with Crippen LogP contribution in [0.15, 0.2) is 0 Å². The minimum absolute atomic E-state index is 0.395. The Balaban J connectivity index is 1.68. The van der Waals surface area contributed by atoms with Crippen LogP contribution < -0.4 is 10.6 Å². The summed E-state index contributed by atoms with van der Waals surface area (Å²) >= 11 is 0. The first-order valence-corrected chi connectivity index (χ1v) is 6.80. The topological polar surface area (TPSA) is 65.6 Å². The van der Waals surface area contributed by atoms with Crippen molar-refractivity contribution in [1.29, 1.82) is 0 Å². The maximum Gasteiger partial charge on any atom is 0.153 e. The molecule has 94 valence electrons. The van der Waals surface area contributed by atoms with E-state index in [0.29, 0.717) is 12.0 Å². The van der Waals surface area contributed by atoms with Crippen LogP contribution in [-0.2, 0) is 0 Å². The Kier molecular flexibility index (Phi) is 3.38. The van der Waals surface area contributed by atoms with Gasteiger partial charge in [-0.1, -0.05) is 6.42 Å². The Morgan fingerprint density at radius 3 is 2.65 bits per heavy atom. The molecule has 3 N–H and O–H groups in total. The second-order valence-corrected chi connectivity index (χ2v) is 5.11. The van der Waals surface area contributed by atoms with Crippen LogP contribution in [0.5, 0.6) is 0 Å².